The minimum atomic E-state index is -0.783. The number of nitro benzene ring substituents is 1. The topological polar surface area (TPSA) is 126 Å². The number of fused-ring (bicyclic) bond motifs is 1. The molecule has 10 nitrogen and oxygen atoms in total. The van der Waals surface area contributed by atoms with Crippen LogP contribution in [0.1, 0.15) is 15.9 Å². The van der Waals surface area contributed by atoms with Crippen LogP contribution in [0.3, 0.4) is 0 Å². The summed E-state index contributed by atoms with van der Waals surface area (Å²) < 4.78 is 21.1. The van der Waals surface area contributed by atoms with Crippen LogP contribution in [0.25, 0.3) is 0 Å². The molecular formula is C19H18N2O8. The van der Waals surface area contributed by atoms with Gasteiger partial charge in [-0.1, -0.05) is 12.1 Å². The van der Waals surface area contributed by atoms with Gasteiger partial charge < -0.3 is 24.3 Å². The van der Waals surface area contributed by atoms with Crippen LogP contribution in [0.5, 0.6) is 17.2 Å². The molecule has 0 saturated heterocycles. The smallest absolute Gasteiger partial charge is 0.338 e. The number of para-hydroxylation sites is 1. The molecular weight excluding hydrogens is 384 g/mol. The zero-order valence-electron chi connectivity index (χ0n) is 15.7. The summed E-state index contributed by atoms with van der Waals surface area (Å²) in [4.78, 5) is 35.0. The molecule has 0 fully saturated rings. The maximum Gasteiger partial charge on any atom is 0.338 e. The van der Waals surface area contributed by atoms with Crippen molar-refractivity contribution in [2.24, 2.45) is 0 Å². The Labute approximate surface area is 165 Å². The molecule has 0 aliphatic carbocycles. The van der Waals surface area contributed by atoms with E-state index in [-0.39, 0.29) is 16.9 Å². The van der Waals surface area contributed by atoms with Gasteiger partial charge >= 0.3 is 5.97 Å². The SMILES string of the molecule is COc1cc(C(=O)OCC(=O)Nc2c(C)cccc2[N+](=O)[O-])cc2c1OCCO2. The van der Waals surface area contributed by atoms with Gasteiger partial charge in [-0.15, -0.1) is 0 Å². The van der Waals surface area contributed by atoms with Gasteiger partial charge in [0.2, 0.25) is 5.75 Å². The number of hydrogen-bond acceptors (Lipinski definition) is 8. The van der Waals surface area contributed by atoms with E-state index in [2.05, 4.69) is 5.32 Å². The van der Waals surface area contributed by atoms with Crippen molar-refractivity contribution in [3.8, 4) is 17.2 Å². The Morgan fingerprint density at radius 1 is 1.24 bits per heavy atom. The van der Waals surface area contributed by atoms with E-state index in [1.165, 1.54) is 31.4 Å². The third-order valence-electron chi connectivity index (χ3n) is 4.11. The van der Waals surface area contributed by atoms with Crippen LogP contribution in [-0.4, -0.2) is 43.7 Å². The number of rotatable bonds is 6. The summed E-state index contributed by atoms with van der Waals surface area (Å²) in [5, 5.41) is 13.5. The number of esters is 1. The third kappa shape index (κ3) is 4.37. The van der Waals surface area contributed by atoms with Gasteiger partial charge in [-0.05, 0) is 24.6 Å². The van der Waals surface area contributed by atoms with E-state index in [0.29, 0.717) is 36.0 Å². The molecule has 0 atom stereocenters. The molecule has 152 valence electrons. The average molecular weight is 402 g/mol. The number of benzene rings is 2. The number of hydrogen-bond donors (Lipinski definition) is 1. The van der Waals surface area contributed by atoms with Crippen molar-refractivity contribution in [2.75, 3.05) is 32.2 Å². The average Bonchev–Trinajstić information content (AvgIpc) is 2.72. The number of methoxy groups -OCH3 is 1. The monoisotopic (exact) mass is 402 g/mol. The first-order chi connectivity index (χ1) is 13.9. The van der Waals surface area contributed by atoms with E-state index in [1.54, 1.807) is 13.0 Å². The Hall–Kier alpha value is -3.82. The number of carbonyl (C=O) groups is 2. The number of ether oxygens (including phenoxy) is 4. The maximum absolute atomic E-state index is 12.3. The second kappa shape index (κ2) is 8.46. The van der Waals surface area contributed by atoms with Crippen LogP contribution in [0.2, 0.25) is 0 Å². The molecule has 1 heterocycles. The highest BCUT2D eigenvalue weighted by atomic mass is 16.6. The number of nitrogens with zero attached hydrogens (tertiary/aromatic N) is 1. The van der Waals surface area contributed by atoms with Gasteiger partial charge in [0.1, 0.15) is 18.9 Å². The van der Waals surface area contributed by atoms with Crippen LogP contribution >= 0.6 is 0 Å². The van der Waals surface area contributed by atoms with Crippen molar-refractivity contribution < 1.29 is 33.5 Å². The fourth-order valence-corrected chi connectivity index (χ4v) is 2.75. The van der Waals surface area contributed by atoms with E-state index in [9.17, 15) is 19.7 Å². The summed E-state index contributed by atoms with van der Waals surface area (Å²) in [5.74, 6) is -0.466. The van der Waals surface area contributed by atoms with Crippen molar-refractivity contribution in [1.29, 1.82) is 0 Å². The zero-order valence-corrected chi connectivity index (χ0v) is 15.7. The highest BCUT2D eigenvalue weighted by molar-refractivity contribution is 5.97. The number of nitro groups is 1. The van der Waals surface area contributed by atoms with Crippen LogP contribution in [0, 0.1) is 17.0 Å². The lowest BCUT2D eigenvalue weighted by Gasteiger charge is -2.21. The lowest BCUT2D eigenvalue weighted by atomic mass is 10.1. The third-order valence-corrected chi connectivity index (χ3v) is 4.11. The first kappa shape index (κ1) is 19.9. The number of nitrogens with one attached hydrogen (secondary N) is 1. The highest BCUT2D eigenvalue weighted by Gasteiger charge is 2.23. The molecule has 1 amide bonds. The number of amides is 1. The molecule has 0 bridgehead atoms. The summed E-state index contributed by atoms with van der Waals surface area (Å²) >= 11 is 0. The Kier molecular flexibility index (Phi) is 5.82. The predicted molar refractivity (Wildman–Crippen MR) is 101 cm³/mol. The van der Waals surface area contributed by atoms with Crippen LogP contribution < -0.4 is 19.5 Å². The van der Waals surface area contributed by atoms with Gasteiger partial charge in [-0.3, -0.25) is 14.9 Å². The van der Waals surface area contributed by atoms with E-state index < -0.39 is 23.4 Å². The lowest BCUT2D eigenvalue weighted by Crippen LogP contribution is -2.22. The first-order valence-corrected chi connectivity index (χ1v) is 8.59. The molecule has 2 aromatic rings. The van der Waals surface area contributed by atoms with E-state index in [1.807, 2.05) is 0 Å². The van der Waals surface area contributed by atoms with Gasteiger partial charge in [0.15, 0.2) is 18.1 Å². The largest absolute Gasteiger partial charge is 0.493 e. The normalized spacial score (nSPS) is 12.1. The van der Waals surface area contributed by atoms with Crippen molar-refractivity contribution in [2.45, 2.75) is 6.92 Å². The van der Waals surface area contributed by atoms with Crippen LogP contribution in [-0.2, 0) is 9.53 Å². The molecule has 0 radical (unpaired) electrons. The Morgan fingerprint density at radius 3 is 2.72 bits per heavy atom. The fourth-order valence-electron chi connectivity index (χ4n) is 2.75. The molecule has 0 spiro atoms. The van der Waals surface area contributed by atoms with Crippen molar-refractivity contribution in [1.82, 2.24) is 0 Å². The number of aryl methyl sites for hydroxylation is 1. The van der Waals surface area contributed by atoms with Gasteiger partial charge in [0.05, 0.1) is 17.6 Å². The Bertz CT molecular complexity index is 956. The van der Waals surface area contributed by atoms with E-state index in [0.717, 1.165) is 0 Å². The summed E-state index contributed by atoms with van der Waals surface area (Å²) in [7, 11) is 1.42. The molecule has 1 aliphatic rings. The first-order valence-electron chi connectivity index (χ1n) is 8.59. The second-order valence-corrected chi connectivity index (χ2v) is 6.05. The van der Waals surface area contributed by atoms with Gasteiger partial charge in [0.25, 0.3) is 11.6 Å². The molecule has 0 unspecified atom stereocenters. The molecule has 0 aromatic heterocycles. The predicted octanol–water partition coefficient (Wildman–Crippen LogP) is 2.48. The molecule has 1 N–H and O–H groups in total. The number of carbonyl (C=O) groups excluding carboxylic acids is 2. The van der Waals surface area contributed by atoms with Gasteiger partial charge in [0, 0.05) is 6.07 Å². The van der Waals surface area contributed by atoms with E-state index >= 15 is 0 Å². The molecule has 3 rings (SSSR count). The summed E-state index contributed by atoms with van der Waals surface area (Å²) in [6.45, 7) is 1.68. The molecule has 0 saturated carbocycles. The fraction of sp³-hybridized carbons (Fsp3) is 0.263. The van der Waals surface area contributed by atoms with Gasteiger partial charge in [-0.2, -0.15) is 0 Å². The zero-order chi connectivity index (χ0) is 21.0. The van der Waals surface area contributed by atoms with Crippen molar-refractivity contribution in [3.63, 3.8) is 0 Å². The molecule has 10 heteroatoms. The Balaban J connectivity index is 1.69. The van der Waals surface area contributed by atoms with Crippen LogP contribution in [0.4, 0.5) is 11.4 Å². The van der Waals surface area contributed by atoms with E-state index in [4.69, 9.17) is 18.9 Å². The minimum absolute atomic E-state index is 0.0551. The minimum Gasteiger partial charge on any atom is -0.493 e. The quantitative estimate of drug-likeness (QED) is 0.444. The lowest BCUT2D eigenvalue weighted by molar-refractivity contribution is -0.384. The molecule has 2 aromatic carbocycles. The molecule has 29 heavy (non-hydrogen) atoms. The second-order valence-electron chi connectivity index (χ2n) is 6.05. The Morgan fingerprint density at radius 2 is 2.00 bits per heavy atom. The van der Waals surface area contributed by atoms with Crippen molar-refractivity contribution >= 4 is 23.3 Å². The standard InChI is InChI=1S/C19H18N2O8/c1-11-4-3-5-13(21(24)25)17(11)20-16(22)10-29-19(23)12-8-14(26-2)18-15(9-12)27-6-7-28-18/h3-5,8-9H,6-7,10H2,1-2H3,(H,20,22). The number of anilines is 1. The highest BCUT2D eigenvalue weighted by Crippen LogP contribution is 2.40. The summed E-state index contributed by atoms with van der Waals surface area (Å²) in [6.07, 6.45) is 0. The maximum atomic E-state index is 12.3. The van der Waals surface area contributed by atoms with Crippen molar-refractivity contribution in [3.05, 3.63) is 51.6 Å². The molecule has 1 aliphatic heterocycles. The summed E-state index contributed by atoms with van der Waals surface area (Å²) in [6, 6.07) is 7.26. The van der Waals surface area contributed by atoms with Gasteiger partial charge in [-0.25, -0.2) is 4.79 Å². The van der Waals surface area contributed by atoms with Crippen LogP contribution in [0.15, 0.2) is 30.3 Å². The summed E-state index contributed by atoms with van der Waals surface area (Å²) in [5.41, 5.74) is 0.428.